The Kier molecular flexibility index (Phi) is 13.5. The van der Waals surface area contributed by atoms with Crippen LogP contribution in [0.4, 0.5) is 10.5 Å². The number of amides is 4. The second kappa shape index (κ2) is 20.0. The highest BCUT2D eigenvalue weighted by Crippen LogP contribution is 2.67. The first-order valence-corrected chi connectivity index (χ1v) is 23.4. The quantitative estimate of drug-likeness (QED) is 0.0947. The number of nitrogens with one attached hydrogen (secondary N) is 1. The summed E-state index contributed by atoms with van der Waals surface area (Å²) in [5.74, 6) is 3.35. The zero-order valence-corrected chi connectivity index (χ0v) is 37.6. The van der Waals surface area contributed by atoms with Crippen molar-refractivity contribution in [1.29, 1.82) is 0 Å². The molecule has 67 heavy (non-hydrogen) atoms. The lowest BCUT2D eigenvalue weighted by Gasteiger charge is -2.46. The number of urea groups is 1. The molecule has 5 aromatic rings. The van der Waals surface area contributed by atoms with Crippen LogP contribution < -0.4 is 15.0 Å². The number of rotatable bonds is 10. The van der Waals surface area contributed by atoms with E-state index in [1.165, 1.54) is 0 Å². The molecule has 3 fully saturated rings. The Hall–Kier alpha value is -6.78. The third kappa shape index (κ3) is 8.37. The van der Waals surface area contributed by atoms with E-state index in [-0.39, 0.29) is 37.8 Å². The number of carbonyl (C=O) groups is 4. The molecule has 3 N–H and O–H groups in total. The standard InChI is InChI=1S/C55H56N4O8/c1-37(39-21-8-5-9-22-39)56-54(65)58-44-30-29-38(20-16-19-33-60)36-43(44)55(53(58)64)46(51(62)57-31-17-3-2-4-18-32-57)48-52(63)67-49(41-25-12-7-13-26-41)47(40-23-10-6-11-24-40)59(48)50(55)42-27-14-15-28-45(42)66-35-34-61/h5-15,21-30,36-37,46-50,60-61H,2-4,17-19,31-35H2,1H3,(H,56,65)/t37-,46+,47+,48+,49-,50-,55+/m1/s1. The van der Waals surface area contributed by atoms with Crippen LogP contribution in [0.2, 0.25) is 0 Å². The summed E-state index contributed by atoms with van der Waals surface area (Å²) in [4.78, 5) is 68.7. The zero-order chi connectivity index (χ0) is 46.5. The number of aliphatic hydroxyl groups excluding tert-OH is 2. The predicted molar refractivity (Wildman–Crippen MR) is 253 cm³/mol. The molecule has 4 heterocycles. The van der Waals surface area contributed by atoms with Crippen molar-refractivity contribution >= 4 is 29.5 Å². The van der Waals surface area contributed by atoms with Crippen molar-refractivity contribution in [3.63, 3.8) is 0 Å². The predicted octanol–water partition coefficient (Wildman–Crippen LogP) is 7.72. The Balaban J connectivity index is 1.37. The molecular formula is C55H56N4O8. The van der Waals surface area contributed by atoms with Crippen molar-refractivity contribution in [3.8, 4) is 17.6 Å². The highest BCUT2D eigenvalue weighted by Gasteiger charge is 2.76. The maximum atomic E-state index is 16.8. The van der Waals surface area contributed by atoms with Crippen molar-refractivity contribution in [2.45, 2.75) is 81.1 Å². The smallest absolute Gasteiger partial charge is 0.329 e. The van der Waals surface area contributed by atoms with Crippen LogP contribution in [0.1, 0.15) is 103 Å². The van der Waals surface area contributed by atoms with Gasteiger partial charge in [-0.1, -0.05) is 140 Å². The van der Waals surface area contributed by atoms with Gasteiger partial charge in [0.25, 0.3) is 0 Å². The number of nitrogens with zero attached hydrogens (tertiary/aromatic N) is 3. The lowest BCUT2D eigenvalue weighted by Crippen LogP contribution is -2.57. The highest BCUT2D eigenvalue weighted by atomic mass is 16.6. The molecule has 0 saturated carbocycles. The van der Waals surface area contributed by atoms with Gasteiger partial charge in [-0.25, -0.2) is 9.69 Å². The van der Waals surface area contributed by atoms with Gasteiger partial charge in [0.2, 0.25) is 11.8 Å². The molecule has 5 aromatic carbocycles. The number of cyclic esters (lactones) is 1. The first-order chi connectivity index (χ1) is 32.8. The van der Waals surface area contributed by atoms with Gasteiger partial charge in [-0.2, -0.15) is 0 Å². The molecule has 0 bridgehead atoms. The fourth-order valence-corrected chi connectivity index (χ4v) is 10.9. The summed E-state index contributed by atoms with van der Waals surface area (Å²) >= 11 is 0. The number of hydrogen-bond donors (Lipinski definition) is 3. The van der Waals surface area contributed by atoms with Gasteiger partial charge in [0.1, 0.15) is 29.9 Å². The average Bonchev–Trinajstić information content (AvgIpc) is 3.80. The molecule has 0 aliphatic carbocycles. The molecule has 1 spiro atoms. The number of carbonyl (C=O) groups excluding carboxylic acids is 4. The van der Waals surface area contributed by atoms with E-state index in [0.717, 1.165) is 53.7 Å². The van der Waals surface area contributed by atoms with Gasteiger partial charge in [0, 0.05) is 30.6 Å². The number of likely N-dealkylation sites (tertiary alicyclic amines) is 1. The molecule has 0 unspecified atom stereocenters. The number of aliphatic hydroxyl groups is 2. The molecule has 4 amide bonds. The molecule has 344 valence electrons. The van der Waals surface area contributed by atoms with E-state index in [1.807, 2.05) is 120 Å². The minimum Gasteiger partial charge on any atom is -0.491 e. The van der Waals surface area contributed by atoms with E-state index in [2.05, 4.69) is 17.2 Å². The molecule has 4 aliphatic heterocycles. The number of para-hydroxylation sites is 1. The molecule has 3 saturated heterocycles. The molecule has 4 aliphatic rings. The molecular weight excluding hydrogens is 845 g/mol. The molecule has 12 nitrogen and oxygen atoms in total. The zero-order valence-electron chi connectivity index (χ0n) is 37.6. The topological polar surface area (TPSA) is 149 Å². The third-order valence-electron chi connectivity index (χ3n) is 13.8. The van der Waals surface area contributed by atoms with Gasteiger partial charge in [-0.3, -0.25) is 19.3 Å². The van der Waals surface area contributed by atoms with Crippen LogP contribution in [0, 0.1) is 17.8 Å². The largest absolute Gasteiger partial charge is 0.491 e. The summed E-state index contributed by atoms with van der Waals surface area (Å²) in [5, 5.41) is 22.9. The van der Waals surface area contributed by atoms with E-state index in [0.29, 0.717) is 35.5 Å². The molecule has 0 radical (unpaired) electrons. The molecule has 7 atom stereocenters. The van der Waals surface area contributed by atoms with Crippen LogP contribution in [0.25, 0.3) is 0 Å². The number of benzene rings is 5. The number of hydrogen-bond acceptors (Lipinski definition) is 9. The first kappa shape index (κ1) is 45.4. The van der Waals surface area contributed by atoms with Gasteiger partial charge in [0.15, 0.2) is 0 Å². The fraction of sp³-hybridized carbons (Fsp3) is 0.345. The fourth-order valence-electron chi connectivity index (χ4n) is 10.9. The minimum atomic E-state index is -1.99. The Morgan fingerprint density at radius 3 is 2.12 bits per heavy atom. The average molecular weight is 901 g/mol. The van der Waals surface area contributed by atoms with E-state index in [9.17, 15) is 10.2 Å². The van der Waals surface area contributed by atoms with Gasteiger partial charge in [-0.15, -0.1) is 0 Å². The van der Waals surface area contributed by atoms with Crippen LogP contribution >= 0.6 is 0 Å². The number of morpholine rings is 1. The summed E-state index contributed by atoms with van der Waals surface area (Å²) in [5.41, 5.74) is 1.92. The number of fused-ring (bicyclic) bond motifs is 3. The lowest BCUT2D eigenvalue weighted by atomic mass is 9.64. The summed E-state index contributed by atoms with van der Waals surface area (Å²) < 4.78 is 13.0. The van der Waals surface area contributed by atoms with Crippen LogP contribution in [0.15, 0.2) is 133 Å². The highest BCUT2D eigenvalue weighted by molar-refractivity contribution is 6.24. The maximum Gasteiger partial charge on any atom is 0.329 e. The van der Waals surface area contributed by atoms with Crippen LogP contribution in [0.3, 0.4) is 0 Å². The second-order valence-corrected chi connectivity index (χ2v) is 17.7. The Labute approximate surface area is 391 Å². The normalized spacial score (nSPS) is 24.1. The van der Waals surface area contributed by atoms with E-state index in [4.69, 9.17) is 9.47 Å². The Morgan fingerprint density at radius 1 is 0.791 bits per heavy atom. The Bertz CT molecular complexity index is 2640. The number of imide groups is 1. The Morgan fingerprint density at radius 2 is 1.43 bits per heavy atom. The van der Waals surface area contributed by atoms with Crippen molar-refractivity contribution in [2.75, 3.05) is 37.8 Å². The molecule has 0 aromatic heterocycles. The number of esters is 1. The lowest BCUT2D eigenvalue weighted by molar-refractivity contribution is -0.179. The van der Waals surface area contributed by atoms with Crippen molar-refractivity contribution in [3.05, 3.63) is 167 Å². The SMILES string of the molecule is C[C@@H](NC(=O)N1C(=O)[C@@]2(c3cc(C#CCCO)ccc31)[C@H](C(=O)N1CCCCCCC1)[C@H]1C(=O)O[C@H](c3ccccc3)[C@H](c3ccccc3)N1[C@@H]2c1ccccc1OCCO)c1ccccc1. The van der Waals surface area contributed by atoms with Crippen molar-refractivity contribution < 1.29 is 38.9 Å². The summed E-state index contributed by atoms with van der Waals surface area (Å²) in [7, 11) is 0. The minimum absolute atomic E-state index is 0.0753. The van der Waals surface area contributed by atoms with Crippen LogP contribution in [-0.4, -0.2) is 82.8 Å². The van der Waals surface area contributed by atoms with Gasteiger partial charge < -0.3 is 29.9 Å². The van der Waals surface area contributed by atoms with Gasteiger partial charge in [0.05, 0.1) is 42.9 Å². The van der Waals surface area contributed by atoms with E-state index >= 15 is 19.2 Å². The van der Waals surface area contributed by atoms with E-state index in [1.54, 1.807) is 30.3 Å². The number of anilines is 1. The van der Waals surface area contributed by atoms with Crippen LogP contribution in [-0.2, 0) is 24.5 Å². The molecule has 9 rings (SSSR count). The number of ether oxygens (including phenoxy) is 2. The van der Waals surface area contributed by atoms with Crippen molar-refractivity contribution in [1.82, 2.24) is 15.1 Å². The van der Waals surface area contributed by atoms with Gasteiger partial charge >= 0.3 is 12.0 Å². The second-order valence-electron chi connectivity index (χ2n) is 17.7. The van der Waals surface area contributed by atoms with E-state index < -0.39 is 59.5 Å². The first-order valence-electron chi connectivity index (χ1n) is 23.4. The van der Waals surface area contributed by atoms with Gasteiger partial charge in [-0.05, 0) is 66.3 Å². The summed E-state index contributed by atoms with van der Waals surface area (Å²) in [6, 6.07) is 36.5. The maximum absolute atomic E-state index is 16.8. The third-order valence-corrected chi connectivity index (χ3v) is 13.8. The summed E-state index contributed by atoms with van der Waals surface area (Å²) in [6.45, 7) is 2.16. The summed E-state index contributed by atoms with van der Waals surface area (Å²) in [6.07, 6.45) is 3.69. The monoisotopic (exact) mass is 900 g/mol. The molecule has 12 heteroatoms. The van der Waals surface area contributed by atoms with Crippen LogP contribution in [0.5, 0.6) is 5.75 Å². The van der Waals surface area contributed by atoms with Crippen molar-refractivity contribution in [2.24, 2.45) is 5.92 Å².